The first kappa shape index (κ1) is 28.5. The number of carbonyl (C=O) groups is 2. The molecule has 234 valence electrons. The van der Waals surface area contributed by atoms with E-state index in [1.54, 1.807) is 26.0 Å². The number of hydrogen-bond acceptors (Lipinski definition) is 11. The van der Waals surface area contributed by atoms with E-state index in [1.807, 2.05) is 26.0 Å². The van der Waals surface area contributed by atoms with Gasteiger partial charge in [0.15, 0.2) is 5.41 Å². The number of phenols is 1. The second kappa shape index (κ2) is 8.26. The second-order valence-electron chi connectivity index (χ2n) is 13.8. The van der Waals surface area contributed by atoms with Gasteiger partial charge in [0, 0.05) is 11.8 Å². The molecule has 0 aromatic heterocycles. The van der Waals surface area contributed by atoms with Crippen LogP contribution in [-0.4, -0.2) is 80.6 Å². The zero-order chi connectivity index (χ0) is 31.4. The molecule has 2 saturated heterocycles. The highest BCUT2D eigenvalue weighted by Gasteiger charge is 2.96. The third-order valence-electron chi connectivity index (χ3n) is 11.0. The fourth-order valence-electron chi connectivity index (χ4n) is 9.26. The lowest BCUT2D eigenvalue weighted by molar-refractivity contribution is -0.480. The van der Waals surface area contributed by atoms with Crippen LogP contribution in [0.5, 0.6) is 11.5 Å². The van der Waals surface area contributed by atoms with Gasteiger partial charge in [-0.15, -0.1) is 11.6 Å². The zero-order valence-electron chi connectivity index (χ0n) is 24.8. The van der Waals surface area contributed by atoms with Gasteiger partial charge in [-0.1, -0.05) is 24.6 Å². The Labute approximate surface area is 257 Å². The van der Waals surface area contributed by atoms with Crippen molar-refractivity contribution in [2.75, 3.05) is 7.11 Å². The molecule has 5 aliphatic carbocycles. The number of alkyl halides is 1. The van der Waals surface area contributed by atoms with Gasteiger partial charge in [-0.3, -0.25) is 4.79 Å². The number of phenolic OH excluding ortho intramolecular Hbond substituents is 1. The highest BCUT2D eigenvalue weighted by molar-refractivity contribution is 6.28. The number of hydrogen-bond donors (Lipinski definition) is 3. The standard InChI is InChI=1S/C32H33ClO11/c1-14(2)6-7-29-23-16(10-19(35)24(29)41-29)17-11-27(4)13-28(26(38)39-5)12-21(36)30(27,33)31(17,44-43-23)32(28)40-20-9-15(3)8-18(34)22(20)25(37)42-32/h6,8-11,19,21,23-24,34-36H,7,12-13H2,1-5H3/t19-,21+,23+,24-,27-,28-,29+,30-,31+,32+/m0/s1. The fraction of sp³-hybridized carbons (Fsp3) is 0.562. The lowest BCUT2D eigenvalue weighted by Gasteiger charge is -2.71. The maximum Gasteiger partial charge on any atom is 0.349 e. The average molecular weight is 629 g/mol. The van der Waals surface area contributed by atoms with E-state index >= 15 is 0 Å². The van der Waals surface area contributed by atoms with Gasteiger partial charge in [0.05, 0.1) is 13.2 Å². The summed E-state index contributed by atoms with van der Waals surface area (Å²) in [6, 6.07) is 2.94. The third kappa shape index (κ3) is 2.81. The van der Waals surface area contributed by atoms with E-state index in [9.17, 15) is 24.9 Å². The van der Waals surface area contributed by atoms with Crippen molar-refractivity contribution in [2.45, 2.75) is 93.2 Å². The van der Waals surface area contributed by atoms with Crippen molar-refractivity contribution in [1.29, 1.82) is 0 Å². The maximum absolute atomic E-state index is 14.0. The molecule has 11 nitrogen and oxygen atoms in total. The highest BCUT2D eigenvalue weighted by Crippen LogP contribution is 2.81. The first-order valence-corrected chi connectivity index (χ1v) is 15.1. The Morgan fingerprint density at radius 3 is 2.68 bits per heavy atom. The first-order valence-electron chi connectivity index (χ1n) is 14.7. The van der Waals surface area contributed by atoms with E-state index in [4.69, 9.17) is 40.3 Å². The average Bonchev–Trinajstić information content (AvgIpc) is 3.66. The number of carbonyl (C=O) groups excluding carboxylic acids is 2. The summed E-state index contributed by atoms with van der Waals surface area (Å²) in [6.45, 7) is 7.41. The quantitative estimate of drug-likeness (QED) is 0.149. The number of aromatic hydroxyl groups is 1. The number of epoxide rings is 1. The van der Waals surface area contributed by atoms with Crippen LogP contribution >= 0.6 is 11.6 Å². The normalized spacial score (nSPS) is 46.8. The summed E-state index contributed by atoms with van der Waals surface area (Å²) < 4.78 is 24.3. The molecule has 44 heavy (non-hydrogen) atoms. The van der Waals surface area contributed by atoms with Crippen LogP contribution in [-0.2, 0) is 28.8 Å². The molecule has 3 N–H and O–H groups in total. The lowest BCUT2D eigenvalue weighted by Crippen LogP contribution is -2.90. The zero-order valence-corrected chi connectivity index (χ0v) is 25.6. The van der Waals surface area contributed by atoms with Crippen molar-refractivity contribution < 1.29 is 53.6 Å². The van der Waals surface area contributed by atoms with Gasteiger partial charge in [-0.25, -0.2) is 14.6 Å². The Bertz CT molecular complexity index is 1660. The van der Waals surface area contributed by atoms with Crippen molar-refractivity contribution in [2.24, 2.45) is 10.8 Å². The van der Waals surface area contributed by atoms with Crippen molar-refractivity contribution in [3.05, 3.63) is 58.2 Å². The number of rotatable bonds is 3. The summed E-state index contributed by atoms with van der Waals surface area (Å²) in [6.07, 6.45) is 1.71. The van der Waals surface area contributed by atoms with E-state index in [2.05, 4.69) is 0 Å². The van der Waals surface area contributed by atoms with E-state index in [0.29, 0.717) is 23.1 Å². The number of ether oxygens (including phenoxy) is 4. The molecule has 3 heterocycles. The number of aryl methyl sites for hydroxylation is 1. The van der Waals surface area contributed by atoms with Crippen molar-refractivity contribution in [1.82, 2.24) is 0 Å². The highest BCUT2D eigenvalue weighted by atomic mass is 35.5. The predicted molar refractivity (Wildman–Crippen MR) is 151 cm³/mol. The number of methoxy groups -OCH3 is 1. The number of allylic oxidation sites excluding steroid dienone is 2. The Balaban J connectivity index is 1.40. The lowest BCUT2D eigenvalue weighted by atomic mass is 9.42. The molecule has 8 aliphatic rings. The van der Waals surface area contributed by atoms with Gasteiger partial charge in [-0.2, -0.15) is 0 Å². The molecule has 3 aliphatic heterocycles. The van der Waals surface area contributed by atoms with Crippen molar-refractivity contribution in [3.63, 3.8) is 0 Å². The smallest absolute Gasteiger partial charge is 0.349 e. The number of benzene rings is 1. The molecular formula is C32H33ClO11. The maximum atomic E-state index is 14.0. The van der Waals surface area contributed by atoms with Crippen LogP contribution in [0.2, 0.25) is 0 Å². The molecule has 2 spiro atoms. The summed E-state index contributed by atoms with van der Waals surface area (Å²) in [5, 5.41) is 33.8. The molecule has 10 atom stereocenters. The van der Waals surface area contributed by atoms with Crippen molar-refractivity contribution in [3.8, 4) is 11.5 Å². The summed E-state index contributed by atoms with van der Waals surface area (Å²) in [4.78, 5) is 38.8. The van der Waals surface area contributed by atoms with Crippen LogP contribution in [0.4, 0.5) is 0 Å². The minimum Gasteiger partial charge on any atom is -0.507 e. The van der Waals surface area contributed by atoms with Crippen LogP contribution in [0.1, 0.15) is 56.0 Å². The van der Waals surface area contributed by atoms with E-state index < -0.39 is 69.0 Å². The number of aliphatic hydroxyl groups excluding tert-OH is 2. The molecular weight excluding hydrogens is 596 g/mol. The molecule has 1 aromatic carbocycles. The van der Waals surface area contributed by atoms with Gasteiger partial charge in [0.1, 0.15) is 45.8 Å². The van der Waals surface area contributed by atoms with Crippen LogP contribution in [0.15, 0.2) is 47.1 Å². The monoisotopic (exact) mass is 628 g/mol. The minimum atomic E-state index is -2.37. The van der Waals surface area contributed by atoms with E-state index in [0.717, 1.165) is 5.57 Å². The number of aliphatic hydroxyl groups is 2. The summed E-state index contributed by atoms with van der Waals surface area (Å²) in [7, 11) is 1.20. The third-order valence-corrected chi connectivity index (χ3v) is 12.0. The molecule has 1 aromatic rings. The predicted octanol–water partition coefficient (Wildman–Crippen LogP) is 3.06. The Hall–Kier alpha value is -2.93. The van der Waals surface area contributed by atoms with E-state index in [1.165, 1.54) is 13.2 Å². The van der Waals surface area contributed by atoms with Crippen LogP contribution in [0.3, 0.4) is 0 Å². The van der Waals surface area contributed by atoms with Gasteiger partial charge in [0.2, 0.25) is 5.60 Å². The molecule has 12 heteroatoms. The topological polar surface area (TPSA) is 154 Å². The second-order valence-corrected chi connectivity index (χ2v) is 14.4. The molecule has 4 bridgehead atoms. The number of esters is 2. The SMILES string of the molecule is COC(=O)[C@]12C[C@@H](O)[C@@]3(Cl)[C@@]4(OO[C@@H]5C(=C[C@H](O)[C@@H]6O[C@]56CC=C(C)C)C4=C[C@@]3(C)C1)[C@]21OC(=O)c2c(O)cc(C)cc2O1. The summed E-state index contributed by atoms with van der Waals surface area (Å²) in [5.41, 5.74) is -3.88. The van der Waals surface area contributed by atoms with Crippen LogP contribution < -0.4 is 4.74 Å². The number of halogens is 1. The molecule has 5 fully saturated rings. The van der Waals surface area contributed by atoms with Crippen LogP contribution in [0.25, 0.3) is 0 Å². The first-order chi connectivity index (χ1) is 20.7. The molecule has 0 amide bonds. The molecule has 0 radical (unpaired) electrons. The minimum absolute atomic E-state index is 0.0508. The summed E-state index contributed by atoms with van der Waals surface area (Å²) >= 11 is 7.63. The van der Waals surface area contributed by atoms with E-state index in [-0.39, 0.29) is 29.9 Å². The van der Waals surface area contributed by atoms with Gasteiger partial charge >= 0.3 is 17.7 Å². The van der Waals surface area contributed by atoms with Gasteiger partial charge in [0.25, 0.3) is 0 Å². The Kier molecular flexibility index (Phi) is 5.36. The fourth-order valence-corrected chi connectivity index (χ4v) is 9.71. The Morgan fingerprint density at radius 2 is 1.98 bits per heavy atom. The van der Waals surface area contributed by atoms with Gasteiger partial charge in [-0.05, 0) is 68.5 Å². The van der Waals surface area contributed by atoms with Gasteiger partial charge < -0.3 is 34.3 Å². The Morgan fingerprint density at radius 1 is 1.23 bits per heavy atom. The molecule has 0 unspecified atom stereocenters. The molecule has 9 rings (SSSR count). The van der Waals surface area contributed by atoms with Crippen LogP contribution in [0, 0.1) is 17.8 Å². The molecule has 3 saturated carbocycles. The van der Waals surface area contributed by atoms with Crippen molar-refractivity contribution >= 4 is 23.5 Å². The largest absolute Gasteiger partial charge is 0.507 e. The number of fused-ring (bicyclic) bond motifs is 6. The summed E-state index contributed by atoms with van der Waals surface area (Å²) in [5.74, 6) is -4.58.